The second-order valence-electron chi connectivity index (χ2n) is 6.76. The van der Waals surface area contributed by atoms with Crippen LogP contribution in [0.15, 0.2) is 53.4 Å². The molecule has 1 fully saturated rings. The number of ether oxygens (including phenoxy) is 1. The van der Waals surface area contributed by atoms with Crippen molar-refractivity contribution in [3.05, 3.63) is 65.5 Å². The van der Waals surface area contributed by atoms with Crippen LogP contribution < -0.4 is 10.0 Å². The molecule has 0 saturated carbocycles. The molecule has 6 nitrogen and oxygen atoms in total. The zero-order valence-corrected chi connectivity index (χ0v) is 16.3. The first-order valence-corrected chi connectivity index (χ1v) is 10.6. The van der Waals surface area contributed by atoms with E-state index in [1.165, 1.54) is 36.4 Å². The van der Waals surface area contributed by atoms with Gasteiger partial charge >= 0.3 is 0 Å². The molecule has 3 rings (SSSR count). The summed E-state index contributed by atoms with van der Waals surface area (Å²) in [5, 5.41) is 2.75. The number of rotatable bonds is 7. The summed E-state index contributed by atoms with van der Waals surface area (Å²) in [6, 6.07) is 11.3. The molecule has 8 heteroatoms. The summed E-state index contributed by atoms with van der Waals surface area (Å²) < 4.78 is 46.3. The van der Waals surface area contributed by atoms with Crippen LogP contribution in [0.3, 0.4) is 0 Å². The first-order valence-electron chi connectivity index (χ1n) is 9.13. The van der Waals surface area contributed by atoms with Crippen LogP contribution in [0, 0.1) is 5.82 Å². The van der Waals surface area contributed by atoms with Crippen LogP contribution >= 0.6 is 0 Å². The Bertz CT molecular complexity index is 943. The molecule has 0 aliphatic carbocycles. The first kappa shape index (κ1) is 20.4. The normalized spacial score (nSPS) is 18.0. The Labute approximate surface area is 164 Å². The maximum absolute atomic E-state index is 13.4. The van der Waals surface area contributed by atoms with E-state index in [9.17, 15) is 17.6 Å². The molecule has 0 spiro atoms. The van der Waals surface area contributed by atoms with Gasteiger partial charge in [-0.2, -0.15) is 0 Å². The number of halogens is 1. The van der Waals surface area contributed by atoms with Crippen LogP contribution in [0.5, 0.6) is 0 Å². The highest BCUT2D eigenvalue weighted by molar-refractivity contribution is 7.89. The lowest BCUT2D eigenvalue weighted by Gasteiger charge is -2.15. The second kappa shape index (κ2) is 8.81. The monoisotopic (exact) mass is 406 g/mol. The van der Waals surface area contributed by atoms with E-state index >= 15 is 0 Å². The van der Waals surface area contributed by atoms with Gasteiger partial charge in [-0.05, 0) is 55.7 Å². The van der Waals surface area contributed by atoms with Gasteiger partial charge in [0.25, 0.3) is 5.91 Å². The molecule has 1 aliphatic heterocycles. The van der Waals surface area contributed by atoms with E-state index in [2.05, 4.69) is 10.0 Å². The number of carbonyl (C=O) groups excluding carboxylic acids is 1. The lowest BCUT2D eigenvalue weighted by atomic mass is 10.1. The summed E-state index contributed by atoms with van der Waals surface area (Å²) in [5.41, 5.74) is 0.832. The Morgan fingerprint density at radius 2 is 2.04 bits per heavy atom. The number of amides is 1. The quantitative estimate of drug-likeness (QED) is 0.741. The van der Waals surface area contributed by atoms with Gasteiger partial charge in [-0.15, -0.1) is 0 Å². The van der Waals surface area contributed by atoms with E-state index in [-0.39, 0.29) is 28.9 Å². The molecule has 1 saturated heterocycles. The van der Waals surface area contributed by atoms with Gasteiger partial charge in [0.05, 0.1) is 17.0 Å². The number of hydrogen-bond acceptors (Lipinski definition) is 4. The molecular formula is C20H23FN2O4S. The standard InChI is InChI=1S/C20H23FN2O4S/c1-14(15-5-2-7-17(21)11-15)23-20(24)16-6-3-9-19(12-16)28(25,26)22-13-18-8-4-10-27-18/h2-3,5-7,9,11-12,14,18,22H,4,8,10,13H2,1H3,(H,23,24). The molecule has 0 aromatic heterocycles. The molecule has 2 atom stereocenters. The van der Waals surface area contributed by atoms with Crippen LogP contribution in [0.4, 0.5) is 4.39 Å². The zero-order valence-electron chi connectivity index (χ0n) is 15.5. The van der Waals surface area contributed by atoms with Gasteiger partial charge in [0.15, 0.2) is 0 Å². The Morgan fingerprint density at radius 1 is 1.25 bits per heavy atom. The maximum atomic E-state index is 13.4. The van der Waals surface area contributed by atoms with Crippen molar-refractivity contribution >= 4 is 15.9 Å². The van der Waals surface area contributed by atoms with Crippen molar-refractivity contribution in [2.45, 2.75) is 36.8 Å². The third-order valence-corrected chi connectivity index (χ3v) is 6.05. The van der Waals surface area contributed by atoms with Crippen LogP contribution in [0.25, 0.3) is 0 Å². The van der Waals surface area contributed by atoms with Gasteiger partial charge < -0.3 is 10.1 Å². The highest BCUT2D eigenvalue weighted by Gasteiger charge is 2.21. The van der Waals surface area contributed by atoms with Crippen molar-refractivity contribution in [1.29, 1.82) is 0 Å². The molecule has 0 radical (unpaired) electrons. The molecule has 1 heterocycles. The summed E-state index contributed by atoms with van der Waals surface area (Å²) in [5.74, 6) is -0.822. The van der Waals surface area contributed by atoms with Crippen molar-refractivity contribution < 1.29 is 22.3 Å². The van der Waals surface area contributed by atoms with Gasteiger partial charge in [-0.25, -0.2) is 17.5 Å². The highest BCUT2D eigenvalue weighted by atomic mass is 32.2. The molecule has 0 bridgehead atoms. The average molecular weight is 406 g/mol. The van der Waals surface area contributed by atoms with Crippen molar-refractivity contribution in [2.75, 3.05) is 13.2 Å². The maximum Gasteiger partial charge on any atom is 0.251 e. The average Bonchev–Trinajstić information content (AvgIpc) is 3.20. The molecule has 1 amide bonds. The van der Waals surface area contributed by atoms with E-state index < -0.39 is 22.0 Å². The SMILES string of the molecule is CC(NC(=O)c1cccc(S(=O)(=O)NCC2CCCO2)c1)c1cccc(F)c1. The molecule has 2 unspecified atom stereocenters. The summed E-state index contributed by atoms with van der Waals surface area (Å²) in [6.07, 6.45) is 1.63. The van der Waals surface area contributed by atoms with Crippen molar-refractivity contribution in [3.63, 3.8) is 0 Å². The van der Waals surface area contributed by atoms with Crippen molar-refractivity contribution in [2.24, 2.45) is 0 Å². The van der Waals surface area contributed by atoms with Crippen LogP contribution in [-0.4, -0.2) is 33.6 Å². The number of nitrogens with one attached hydrogen (secondary N) is 2. The van der Waals surface area contributed by atoms with Gasteiger partial charge in [-0.3, -0.25) is 4.79 Å². The zero-order chi connectivity index (χ0) is 20.1. The van der Waals surface area contributed by atoms with Crippen LogP contribution in [0.2, 0.25) is 0 Å². The fourth-order valence-electron chi connectivity index (χ4n) is 3.04. The molecular weight excluding hydrogens is 383 g/mol. The molecule has 28 heavy (non-hydrogen) atoms. The summed E-state index contributed by atoms with van der Waals surface area (Å²) in [7, 11) is -3.75. The molecule has 150 valence electrons. The largest absolute Gasteiger partial charge is 0.377 e. The van der Waals surface area contributed by atoms with Crippen molar-refractivity contribution in [3.8, 4) is 0 Å². The predicted octanol–water partition coefficient (Wildman–Crippen LogP) is 2.77. The summed E-state index contributed by atoms with van der Waals surface area (Å²) >= 11 is 0. The van der Waals surface area contributed by atoms with Gasteiger partial charge in [-0.1, -0.05) is 18.2 Å². The van der Waals surface area contributed by atoms with E-state index in [1.54, 1.807) is 19.1 Å². The number of benzene rings is 2. The second-order valence-corrected chi connectivity index (χ2v) is 8.53. The minimum atomic E-state index is -3.75. The third kappa shape index (κ3) is 5.15. The third-order valence-electron chi connectivity index (χ3n) is 4.63. The van der Waals surface area contributed by atoms with Gasteiger partial charge in [0.1, 0.15) is 5.82 Å². The fraction of sp³-hybridized carbons (Fsp3) is 0.350. The fourth-order valence-corrected chi connectivity index (χ4v) is 4.15. The van der Waals surface area contributed by atoms with E-state index in [1.807, 2.05) is 0 Å². The first-order chi connectivity index (χ1) is 13.3. The molecule has 2 N–H and O–H groups in total. The van der Waals surface area contributed by atoms with E-state index in [0.29, 0.717) is 12.2 Å². The van der Waals surface area contributed by atoms with Crippen LogP contribution in [0.1, 0.15) is 41.7 Å². The Hall–Kier alpha value is -2.29. The Balaban J connectivity index is 1.68. The highest BCUT2D eigenvalue weighted by Crippen LogP contribution is 2.17. The van der Waals surface area contributed by atoms with Crippen molar-refractivity contribution in [1.82, 2.24) is 10.0 Å². The summed E-state index contributed by atoms with van der Waals surface area (Å²) in [6.45, 7) is 2.58. The Morgan fingerprint density at radius 3 is 2.75 bits per heavy atom. The predicted molar refractivity (Wildman–Crippen MR) is 103 cm³/mol. The number of sulfonamides is 1. The number of carbonyl (C=O) groups is 1. The Kier molecular flexibility index (Phi) is 6.43. The van der Waals surface area contributed by atoms with Crippen LogP contribution in [-0.2, 0) is 14.8 Å². The lowest BCUT2D eigenvalue weighted by Crippen LogP contribution is -2.32. The van der Waals surface area contributed by atoms with E-state index in [4.69, 9.17) is 4.74 Å². The molecule has 2 aromatic carbocycles. The smallest absolute Gasteiger partial charge is 0.251 e. The molecule has 2 aromatic rings. The summed E-state index contributed by atoms with van der Waals surface area (Å²) in [4.78, 5) is 12.5. The topological polar surface area (TPSA) is 84.5 Å². The molecule has 1 aliphatic rings. The van der Waals surface area contributed by atoms with Gasteiger partial charge in [0.2, 0.25) is 10.0 Å². The number of hydrogen-bond donors (Lipinski definition) is 2. The minimum absolute atomic E-state index is 0.0107. The van der Waals surface area contributed by atoms with Gasteiger partial charge in [0, 0.05) is 18.7 Å². The van der Waals surface area contributed by atoms with E-state index in [0.717, 1.165) is 12.8 Å². The minimum Gasteiger partial charge on any atom is -0.377 e. The lowest BCUT2D eigenvalue weighted by molar-refractivity contribution is 0.0939.